The molecule has 2 heterocycles. The van der Waals surface area contributed by atoms with Crippen molar-refractivity contribution in [2.75, 3.05) is 5.75 Å². The first kappa shape index (κ1) is 15.5. The number of para-hydroxylation sites is 1. The number of nitrogens with zero attached hydrogens (tertiary/aromatic N) is 4. The summed E-state index contributed by atoms with van der Waals surface area (Å²) in [6.07, 6.45) is 0. The number of H-pyrrole nitrogens is 1. The van der Waals surface area contributed by atoms with Gasteiger partial charge in [-0.05, 0) is 25.5 Å². The van der Waals surface area contributed by atoms with Gasteiger partial charge in [-0.2, -0.15) is 0 Å². The Hall–Kier alpha value is -2.35. The summed E-state index contributed by atoms with van der Waals surface area (Å²) in [7, 11) is 1.97. The molecule has 0 saturated carbocycles. The zero-order valence-electron chi connectivity index (χ0n) is 13.3. The van der Waals surface area contributed by atoms with E-state index in [2.05, 4.69) is 38.5 Å². The lowest BCUT2D eigenvalue weighted by Gasteiger charge is -2.05. The Balaban J connectivity index is 1.61. The molecule has 0 spiro atoms. The van der Waals surface area contributed by atoms with Crippen molar-refractivity contribution < 1.29 is 4.79 Å². The fourth-order valence-corrected chi connectivity index (χ4v) is 3.09. The number of nitrogens with one attached hydrogen (secondary N) is 2. The van der Waals surface area contributed by atoms with Crippen LogP contribution in [0.3, 0.4) is 0 Å². The third-order valence-electron chi connectivity index (χ3n) is 3.54. The average Bonchev–Trinajstić information content (AvgIpc) is 3.08. The summed E-state index contributed by atoms with van der Waals surface area (Å²) in [6, 6.07) is 6.03. The van der Waals surface area contributed by atoms with E-state index in [-0.39, 0.29) is 11.7 Å². The number of imidazole rings is 1. The first-order chi connectivity index (χ1) is 11.0. The fraction of sp³-hybridized carbons (Fsp3) is 0.333. The van der Waals surface area contributed by atoms with Gasteiger partial charge in [-0.25, -0.2) is 9.97 Å². The molecule has 0 fully saturated rings. The molecule has 0 unspecified atom stereocenters. The zero-order valence-corrected chi connectivity index (χ0v) is 14.1. The highest BCUT2D eigenvalue weighted by Gasteiger charge is 2.11. The zero-order chi connectivity index (χ0) is 16.4. The summed E-state index contributed by atoms with van der Waals surface area (Å²) < 4.78 is 2.02. The summed E-state index contributed by atoms with van der Waals surface area (Å²) in [5, 5.41) is 10.2. The number of hydrogen-bond donors (Lipinski definition) is 2. The molecule has 23 heavy (non-hydrogen) atoms. The maximum atomic E-state index is 12.0. The van der Waals surface area contributed by atoms with E-state index in [1.165, 1.54) is 17.3 Å². The van der Waals surface area contributed by atoms with Crippen molar-refractivity contribution in [1.82, 2.24) is 30.0 Å². The number of benzene rings is 1. The molecule has 1 amide bonds. The number of rotatable bonds is 5. The summed E-state index contributed by atoms with van der Waals surface area (Å²) in [4.78, 5) is 20.7. The minimum absolute atomic E-state index is 0.0683. The number of carbonyl (C=O) groups is 1. The smallest absolute Gasteiger partial charge is 0.230 e. The van der Waals surface area contributed by atoms with E-state index < -0.39 is 0 Å². The van der Waals surface area contributed by atoms with Gasteiger partial charge in [0.25, 0.3) is 0 Å². The van der Waals surface area contributed by atoms with Crippen LogP contribution in [-0.2, 0) is 18.4 Å². The lowest BCUT2D eigenvalue weighted by molar-refractivity contribution is -0.118. The topological polar surface area (TPSA) is 88.5 Å². The predicted octanol–water partition coefficient (Wildman–Crippen LogP) is 1.72. The Morgan fingerprint density at radius 2 is 2.17 bits per heavy atom. The first-order valence-corrected chi connectivity index (χ1v) is 8.22. The number of thioether (sulfide) groups is 1. The van der Waals surface area contributed by atoms with Crippen LogP contribution in [0.1, 0.15) is 17.2 Å². The highest BCUT2D eigenvalue weighted by atomic mass is 32.2. The van der Waals surface area contributed by atoms with E-state index in [9.17, 15) is 4.79 Å². The van der Waals surface area contributed by atoms with E-state index in [1.807, 2.05) is 30.7 Å². The average molecular weight is 330 g/mol. The molecule has 120 valence electrons. The van der Waals surface area contributed by atoms with Gasteiger partial charge in [0.15, 0.2) is 0 Å². The fourth-order valence-electron chi connectivity index (χ4n) is 2.42. The second kappa shape index (κ2) is 6.41. The normalized spacial score (nSPS) is 11.1. The minimum atomic E-state index is -0.0683. The van der Waals surface area contributed by atoms with Crippen molar-refractivity contribution in [1.29, 1.82) is 0 Å². The third-order valence-corrected chi connectivity index (χ3v) is 4.39. The van der Waals surface area contributed by atoms with Gasteiger partial charge in [-0.15, -0.1) is 5.10 Å². The Kier molecular flexibility index (Phi) is 4.33. The Bertz CT molecular complexity index is 853. The summed E-state index contributed by atoms with van der Waals surface area (Å²) >= 11 is 1.30. The van der Waals surface area contributed by atoms with Crippen LogP contribution in [0.15, 0.2) is 23.4 Å². The van der Waals surface area contributed by atoms with E-state index in [0.717, 1.165) is 22.7 Å². The van der Waals surface area contributed by atoms with Crippen molar-refractivity contribution >= 4 is 28.7 Å². The van der Waals surface area contributed by atoms with Crippen molar-refractivity contribution in [3.8, 4) is 0 Å². The van der Waals surface area contributed by atoms with Crippen LogP contribution in [0, 0.1) is 13.8 Å². The van der Waals surface area contributed by atoms with E-state index in [4.69, 9.17) is 0 Å². The molecule has 0 atom stereocenters. The highest BCUT2D eigenvalue weighted by Crippen LogP contribution is 2.18. The number of aromatic nitrogens is 5. The lowest BCUT2D eigenvalue weighted by Crippen LogP contribution is -2.26. The SMILES string of the molecule is Cc1nc(SCC(=O)NCc2nc3cccc(C)c3n2C)n[nH]1. The van der Waals surface area contributed by atoms with E-state index >= 15 is 0 Å². The largest absolute Gasteiger partial charge is 0.348 e. The third kappa shape index (κ3) is 3.37. The molecular weight excluding hydrogens is 312 g/mol. The number of carbonyl (C=O) groups excluding carboxylic acids is 1. The molecule has 0 saturated heterocycles. The Morgan fingerprint density at radius 3 is 2.87 bits per heavy atom. The highest BCUT2D eigenvalue weighted by molar-refractivity contribution is 7.99. The van der Waals surface area contributed by atoms with Crippen molar-refractivity contribution in [3.63, 3.8) is 0 Å². The van der Waals surface area contributed by atoms with Crippen LogP contribution in [0.2, 0.25) is 0 Å². The van der Waals surface area contributed by atoms with Gasteiger partial charge < -0.3 is 9.88 Å². The van der Waals surface area contributed by atoms with Gasteiger partial charge in [0.2, 0.25) is 11.1 Å². The van der Waals surface area contributed by atoms with Gasteiger partial charge in [-0.1, -0.05) is 23.9 Å². The van der Waals surface area contributed by atoms with Crippen LogP contribution < -0.4 is 5.32 Å². The molecule has 1 aromatic carbocycles. The molecule has 0 aliphatic carbocycles. The number of fused-ring (bicyclic) bond motifs is 1. The van der Waals surface area contributed by atoms with Crippen LogP contribution in [0.4, 0.5) is 0 Å². The molecule has 8 heteroatoms. The number of aromatic amines is 1. The summed E-state index contributed by atoms with van der Waals surface area (Å²) in [5.41, 5.74) is 3.22. The molecule has 2 aromatic heterocycles. The maximum Gasteiger partial charge on any atom is 0.230 e. The number of aryl methyl sites for hydroxylation is 3. The second-order valence-electron chi connectivity index (χ2n) is 5.30. The van der Waals surface area contributed by atoms with Gasteiger partial charge >= 0.3 is 0 Å². The molecular formula is C15H18N6OS. The van der Waals surface area contributed by atoms with Gasteiger partial charge in [0.05, 0.1) is 23.3 Å². The van der Waals surface area contributed by atoms with Crippen LogP contribution in [0.25, 0.3) is 11.0 Å². The minimum Gasteiger partial charge on any atom is -0.348 e. The molecule has 0 bridgehead atoms. The summed E-state index contributed by atoms with van der Waals surface area (Å²) in [6.45, 7) is 4.28. The van der Waals surface area contributed by atoms with Crippen molar-refractivity contribution in [2.45, 2.75) is 25.5 Å². The molecule has 2 N–H and O–H groups in total. The molecule has 7 nitrogen and oxygen atoms in total. The quantitative estimate of drug-likeness (QED) is 0.695. The maximum absolute atomic E-state index is 12.0. The van der Waals surface area contributed by atoms with Gasteiger partial charge in [0, 0.05) is 7.05 Å². The molecule has 0 aliphatic rings. The molecule has 3 aromatic rings. The van der Waals surface area contributed by atoms with Gasteiger partial charge in [-0.3, -0.25) is 9.89 Å². The van der Waals surface area contributed by atoms with Crippen molar-refractivity contribution in [3.05, 3.63) is 35.4 Å². The lowest BCUT2D eigenvalue weighted by atomic mass is 10.2. The summed E-state index contributed by atoms with van der Waals surface area (Å²) in [5.74, 6) is 1.78. The monoisotopic (exact) mass is 330 g/mol. The standard InChI is InChI=1S/C15H18N6OS/c1-9-5-4-6-11-14(9)21(3)12(18-11)7-16-13(22)8-23-15-17-10(2)19-20-15/h4-6H,7-8H2,1-3H3,(H,16,22)(H,17,19,20). The van der Waals surface area contributed by atoms with Crippen LogP contribution in [-0.4, -0.2) is 36.4 Å². The Morgan fingerprint density at radius 1 is 1.35 bits per heavy atom. The first-order valence-electron chi connectivity index (χ1n) is 7.24. The predicted molar refractivity (Wildman–Crippen MR) is 89.1 cm³/mol. The molecule has 3 rings (SSSR count). The van der Waals surface area contributed by atoms with E-state index in [0.29, 0.717) is 11.7 Å². The Labute approximate surface area is 137 Å². The van der Waals surface area contributed by atoms with Crippen molar-refractivity contribution in [2.24, 2.45) is 7.05 Å². The van der Waals surface area contributed by atoms with Crippen LogP contribution >= 0.6 is 11.8 Å². The molecule has 0 aliphatic heterocycles. The molecule has 0 radical (unpaired) electrons. The van der Waals surface area contributed by atoms with Gasteiger partial charge in [0.1, 0.15) is 11.6 Å². The number of amides is 1. The van der Waals surface area contributed by atoms with Crippen LogP contribution in [0.5, 0.6) is 0 Å². The van der Waals surface area contributed by atoms with E-state index in [1.54, 1.807) is 0 Å². The second-order valence-corrected chi connectivity index (χ2v) is 6.24. The number of hydrogen-bond acceptors (Lipinski definition) is 5.